The zero-order chi connectivity index (χ0) is 20.8. The molecule has 2 heterocycles. The van der Waals surface area contributed by atoms with Crippen LogP contribution in [-0.4, -0.2) is 38.4 Å². The van der Waals surface area contributed by atoms with Crippen molar-refractivity contribution in [2.45, 2.75) is 46.3 Å². The van der Waals surface area contributed by atoms with E-state index >= 15 is 0 Å². The van der Waals surface area contributed by atoms with Crippen molar-refractivity contribution < 1.29 is 0 Å². The van der Waals surface area contributed by atoms with Crippen LogP contribution in [0, 0.1) is 13.8 Å². The Balaban J connectivity index is 0.00000320. The molecule has 0 aliphatic heterocycles. The molecular weight excluding hydrogens is 489 g/mol. The fraction of sp³-hybridized carbons (Fsp3) is 0.409. The van der Waals surface area contributed by atoms with Gasteiger partial charge in [0.05, 0.1) is 12.0 Å². The fourth-order valence-electron chi connectivity index (χ4n) is 3.44. The summed E-state index contributed by atoms with van der Waals surface area (Å²) in [6.45, 7) is 7.91. The summed E-state index contributed by atoms with van der Waals surface area (Å²) in [5.41, 5.74) is 6.09. The molecular formula is C22H32IN7. The van der Waals surface area contributed by atoms with Crippen LogP contribution < -0.4 is 10.6 Å². The average molecular weight is 521 g/mol. The first-order valence-electron chi connectivity index (χ1n) is 9.96. The number of benzene rings is 1. The lowest BCUT2D eigenvalue weighted by atomic mass is 10.1. The molecule has 2 N–H and O–H groups in total. The highest BCUT2D eigenvalue weighted by molar-refractivity contribution is 14.0. The lowest BCUT2D eigenvalue weighted by Crippen LogP contribution is -2.42. The minimum Gasteiger partial charge on any atom is -0.354 e. The molecule has 1 unspecified atom stereocenters. The number of aliphatic imine (C=N–C) groups is 1. The van der Waals surface area contributed by atoms with Crippen LogP contribution in [0.3, 0.4) is 0 Å². The van der Waals surface area contributed by atoms with Gasteiger partial charge in [-0.25, -0.2) is 4.98 Å². The van der Waals surface area contributed by atoms with Gasteiger partial charge in [-0.15, -0.1) is 24.0 Å². The van der Waals surface area contributed by atoms with Gasteiger partial charge in [-0.05, 0) is 43.9 Å². The highest BCUT2D eigenvalue weighted by Gasteiger charge is 2.14. The molecule has 0 saturated heterocycles. The van der Waals surface area contributed by atoms with Gasteiger partial charge in [-0.1, -0.05) is 24.3 Å². The van der Waals surface area contributed by atoms with E-state index in [0.29, 0.717) is 0 Å². The SMILES string of the molecule is CN=C(NCc1ccc(Cn2ccnc2)cc1)NC(C)Cc1c(C)nn(C)c1C.I. The molecule has 7 nitrogen and oxygen atoms in total. The molecule has 0 spiro atoms. The Morgan fingerprint density at radius 3 is 2.43 bits per heavy atom. The molecule has 8 heteroatoms. The Kier molecular flexibility index (Phi) is 8.88. The van der Waals surface area contributed by atoms with Gasteiger partial charge < -0.3 is 15.2 Å². The molecule has 3 aromatic rings. The second-order valence-corrected chi connectivity index (χ2v) is 7.50. The number of halogens is 1. The van der Waals surface area contributed by atoms with E-state index in [9.17, 15) is 0 Å². The van der Waals surface area contributed by atoms with Gasteiger partial charge in [0.1, 0.15) is 0 Å². The van der Waals surface area contributed by atoms with Crippen molar-refractivity contribution in [2.24, 2.45) is 12.0 Å². The Morgan fingerprint density at radius 2 is 1.87 bits per heavy atom. The standard InChI is InChI=1S/C22H31N7.HI/c1-16(12-21-17(2)27-28(5)18(21)3)26-22(23-4)25-13-19-6-8-20(9-7-19)14-29-11-10-24-15-29;/h6-11,15-16H,12-14H2,1-5H3,(H2,23,25,26);1H. The molecule has 0 saturated carbocycles. The largest absolute Gasteiger partial charge is 0.354 e. The number of nitrogens with one attached hydrogen (secondary N) is 2. The average Bonchev–Trinajstić information content (AvgIpc) is 3.30. The van der Waals surface area contributed by atoms with Crippen LogP contribution in [0.2, 0.25) is 0 Å². The maximum atomic E-state index is 4.51. The van der Waals surface area contributed by atoms with Gasteiger partial charge in [-0.2, -0.15) is 5.10 Å². The summed E-state index contributed by atoms with van der Waals surface area (Å²) in [7, 11) is 3.79. The second-order valence-electron chi connectivity index (χ2n) is 7.50. The summed E-state index contributed by atoms with van der Waals surface area (Å²) in [5, 5.41) is 11.4. The highest BCUT2D eigenvalue weighted by atomic mass is 127. The van der Waals surface area contributed by atoms with Crippen LogP contribution >= 0.6 is 24.0 Å². The van der Waals surface area contributed by atoms with E-state index in [1.165, 1.54) is 22.4 Å². The maximum Gasteiger partial charge on any atom is 0.191 e. The van der Waals surface area contributed by atoms with Crippen molar-refractivity contribution in [1.82, 2.24) is 30.0 Å². The smallest absolute Gasteiger partial charge is 0.191 e. The van der Waals surface area contributed by atoms with Crippen molar-refractivity contribution in [1.29, 1.82) is 0 Å². The Bertz CT molecular complexity index is 943. The van der Waals surface area contributed by atoms with E-state index in [2.05, 4.69) is 75.3 Å². The number of hydrogen-bond acceptors (Lipinski definition) is 3. The molecule has 1 atom stereocenters. The second kappa shape index (κ2) is 11.1. The van der Waals surface area contributed by atoms with Crippen LogP contribution in [0.15, 0.2) is 48.0 Å². The minimum absolute atomic E-state index is 0. The molecule has 2 aromatic heterocycles. The van der Waals surface area contributed by atoms with Gasteiger partial charge in [0.2, 0.25) is 0 Å². The van der Waals surface area contributed by atoms with Crippen molar-refractivity contribution >= 4 is 29.9 Å². The van der Waals surface area contributed by atoms with Crippen molar-refractivity contribution in [2.75, 3.05) is 7.05 Å². The summed E-state index contributed by atoms with van der Waals surface area (Å²) >= 11 is 0. The van der Waals surface area contributed by atoms with E-state index in [-0.39, 0.29) is 30.0 Å². The number of aryl methyl sites for hydroxylation is 2. The Hall–Kier alpha value is -2.36. The number of nitrogens with zero attached hydrogens (tertiary/aromatic N) is 5. The van der Waals surface area contributed by atoms with Gasteiger partial charge in [0.25, 0.3) is 0 Å². The first-order valence-corrected chi connectivity index (χ1v) is 9.96. The van der Waals surface area contributed by atoms with E-state index < -0.39 is 0 Å². The van der Waals surface area contributed by atoms with Crippen LogP contribution in [-0.2, 0) is 26.6 Å². The lowest BCUT2D eigenvalue weighted by molar-refractivity contribution is 0.635. The van der Waals surface area contributed by atoms with E-state index in [1.807, 2.05) is 24.3 Å². The van der Waals surface area contributed by atoms with Crippen molar-refractivity contribution in [3.63, 3.8) is 0 Å². The zero-order valence-corrected chi connectivity index (χ0v) is 20.7. The fourth-order valence-corrected chi connectivity index (χ4v) is 3.44. The minimum atomic E-state index is 0. The van der Waals surface area contributed by atoms with Gasteiger partial charge in [0.15, 0.2) is 5.96 Å². The summed E-state index contributed by atoms with van der Waals surface area (Å²) in [5.74, 6) is 0.805. The molecule has 0 bridgehead atoms. The van der Waals surface area contributed by atoms with Crippen LogP contribution in [0.4, 0.5) is 0 Å². The van der Waals surface area contributed by atoms with E-state index in [4.69, 9.17) is 0 Å². The summed E-state index contributed by atoms with van der Waals surface area (Å²) < 4.78 is 4.01. The number of rotatable bonds is 7. The summed E-state index contributed by atoms with van der Waals surface area (Å²) in [4.78, 5) is 8.45. The third-order valence-corrected chi connectivity index (χ3v) is 5.18. The number of hydrogen-bond donors (Lipinski definition) is 2. The number of guanidine groups is 1. The predicted octanol–water partition coefficient (Wildman–Crippen LogP) is 3.20. The van der Waals surface area contributed by atoms with E-state index in [0.717, 1.165) is 31.2 Å². The third kappa shape index (κ3) is 6.32. The van der Waals surface area contributed by atoms with Crippen molar-refractivity contribution in [3.8, 4) is 0 Å². The van der Waals surface area contributed by atoms with Gasteiger partial charge in [0, 0.05) is 51.3 Å². The Labute approximate surface area is 196 Å². The molecule has 30 heavy (non-hydrogen) atoms. The van der Waals surface area contributed by atoms with Gasteiger partial charge >= 0.3 is 0 Å². The maximum absolute atomic E-state index is 4.51. The van der Waals surface area contributed by atoms with E-state index in [1.54, 1.807) is 13.2 Å². The number of aromatic nitrogens is 4. The molecule has 0 fully saturated rings. The summed E-state index contributed by atoms with van der Waals surface area (Å²) in [6.07, 6.45) is 6.52. The summed E-state index contributed by atoms with van der Waals surface area (Å²) in [6, 6.07) is 8.87. The normalized spacial score (nSPS) is 12.4. The van der Waals surface area contributed by atoms with Gasteiger partial charge in [-0.3, -0.25) is 9.67 Å². The van der Waals surface area contributed by atoms with Crippen LogP contribution in [0.1, 0.15) is 35.0 Å². The lowest BCUT2D eigenvalue weighted by Gasteiger charge is -2.18. The molecule has 162 valence electrons. The highest BCUT2D eigenvalue weighted by Crippen LogP contribution is 2.14. The molecule has 0 aliphatic rings. The van der Waals surface area contributed by atoms with Crippen molar-refractivity contribution in [3.05, 3.63) is 71.1 Å². The first kappa shape index (κ1) is 23.9. The first-order chi connectivity index (χ1) is 14.0. The molecule has 3 rings (SSSR count). The Morgan fingerprint density at radius 1 is 1.17 bits per heavy atom. The van der Waals surface area contributed by atoms with Crippen LogP contribution in [0.25, 0.3) is 0 Å². The zero-order valence-electron chi connectivity index (χ0n) is 18.4. The monoisotopic (exact) mass is 521 g/mol. The topological polar surface area (TPSA) is 72.1 Å². The molecule has 0 radical (unpaired) electrons. The molecule has 0 aliphatic carbocycles. The third-order valence-electron chi connectivity index (χ3n) is 5.18. The quantitative estimate of drug-likeness (QED) is 0.285. The van der Waals surface area contributed by atoms with Crippen LogP contribution in [0.5, 0.6) is 0 Å². The predicted molar refractivity (Wildman–Crippen MR) is 132 cm³/mol. The number of imidazole rings is 1. The molecule has 1 aromatic carbocycles. The molecule has 0 amide bonds.